The Kier molecular flexibility index (Phi) is 5.25. The van der Waals surface area contributed by atoms with Crippen molar-refractivity contribution in [3.63, 3.8) is 0 Å². The molecule has 0 radical (unpaired) electrons. The second-order valence-electron chi connectivity index (χ2n) is 8.28. The Morgan fingerprint density at radius 1 is 1.19 bits per heavy atom. The van der Waals surface area contributed by atoms with Crippen LogP contribution in [0.3, 0.4) is 0 Å². The van der Waals surface area contributed by atoms with E-state index in [2.05, 4.69) is 46.3 Å². The molecular weight excluding hydrogens is 340 g/mol. The number of rotatable bonds is 9. The second-order valence-corrected chi connectivity index (χ2v) is 8.28. The van der Waals surface area contributed by atoms with Crippen molar-refractivity contribution in [2.75, 3.05) is 0 Å². The summed E-state index contributed by atoms with van der Waals surface area (Å²) >= 11 is 0. The van der Waals surface area contributed by atoms with Crippen LogP contribution in [-0.2, 0) is 19.5 Å². The molecule has 1 heterocycles. The third-order valence-electron chi connectivity index (χ3n) is 5.02. The second kappa shape index (κ2) is 7.80. The SMILES string of the molecule is CC(C)Cc1nc(CN(Cc2ccc(C(=O)NC3CC3)cc2)C2CC2)no1. The molecule has 4 rings (SSSR count). The molecule has 2 aliphatic carbocycles. The van der Waals surface area contributed by atoms with Gasteiger partial charge in [-0.3, -0.25) is 9.69 Å². The monoisotopic (exact) mass is 368 g/mol. The summed E-state index contributed by atoms with van der Waals surface area (Å²) in [7, 11) is 0. The van der Waals surface area contributed by atoms with E-state index in [1.165, 1.54) is 18.4 Å². The van der Waals surface area contributed by atoms with Crippen molar-refractivity contribution in [2.45, 2.75) is 71.1 Å². The van der Waals surface area contributed by atoms with Crippen LogP contribution >= 0.6 is 0 Å². The molecule has 2 saturated carbocycles. The fraction of sp³-hybridized carbons (Fsp3) is 0.571. The highest BCUT2D eigenvalue weighted by molar-refractivity contribution is 5.94. The zero-order valence-electron chi connectivity index (χ0n) is 16.1. The van der Waals surface area contributed by atoms with Crippen molar-refractivity contribution in [1.29, 1.82) is 0 Å². The minimum atomic E-state index is 0.0348. The number of hydrogen-bond acceptors (Lipinski definition) is 5. The topological polar surface area (TPSA) is 71.3 Å². The highest BCUT2D eigenvalue weighted by atomic mass is 16.5. The molecule has 1 aromatic heterocycles. The summed E-state index contributed by atoms with van der Waals surface area (Å²) in [5, 5.41) is 7.18. The van der Waals surface area contributed by atoms with Gasteiger partial charge in [0.2, 0.25) is 5.89 Å². The number of nitrogens with one attached hydrogen (secondary N) is 1. The van der Waals surface area contributed by atoms with Crippen LogP contribution in [0.15, 0.2) is 28.8 Å². The molecule has 0 bridgehead atoms. The Morgan fingerprint density at radius 2 is 1.93 bits per heavy atom. The summed E-state index contributed by atoms with van der Waals surface area (Å²) in [5.41, 5.74) is 1.94. The Labute approximate surface area is 160 Å². The fourth-order valence-electron chi connectivity index (χ4n) is 3.21. The predicted molar refractivity (Wildman–Crippen MR) is 102 cm³/mol. The molecular formula is C21H28N4O2. The molecule has 0 unspecified atom stereocenters. The maximum Gasteiger partial charge on any atom is 0.251 e. The Hall–Kier alpha value is -2.21. The van der Waals surface area contributed by atoms with Crippen LogP contribution in [0.5, 0.6) is 0 Å². The van der Waals surface area contributed by atoms with Gasteiger partial charge in [0.1, 0.15) is 0 Å². The fourth-order valence-corrected chi connectivity index (χ4v) is 3.21. The predicted octanol–water partition coefficient (Wildman–Crippen LogP) is 3.32. The number of carbonyl (C=O) groups excluding carboxylic acids is 1. The molecule has 6 nitrogen and oxygen atoms in total. The van der Waals surface area contributed by atoms with E-state index in [1.54, 1.807) is 0 Å². The van der Waals surface area contributed by atoms with Gasteiger partial charge in [-0.2, -0.15) is 4.98 Å². The molecule has 0 atom stereocenters. The van der Waals surface area contributed by atoms with Crippen LogP contribution in [0.25, 0.3) is 0 Å². The van der Waals surface area contributed by atoms with Gasteiger partial charge in [0.15, 0.2) is 5.82 Å². The van der Waals surface area contributed by atoms with Gasteiger partial charge in [0.25, 0.3) is 5.91 Å². The third kappa shape index (κ3) is 5.16. The molecule has 0 saturated heterocycles. The van der Waals surface area contributed by atoms with E-state index in [1.807, 2.05) is 12.1 Å². The van der Waals surface area contributed by atoms with Crippen LogP contribution in [0.1, 0.15) is 67.2 Å². The quantitative estimate of drug-likeness (QED) is 0.735. The summed E-state index contributed by atoms with van der Waals surface area (Å²) in [4.78, 5) is 19.1. The van der Waals surface area contributed by atoms with Gasteiger partial charge in [-0.25, -0.2) is 0 Å². The minimum Gasteiger partial charge on any atom is -0.349 e. The van der Waals surface area contributed by atoms with Crippen LogP contribution < -0.4 is 5.32 Å². The Bertz CT molecular complexity index is 776. The van der Waals surface area contributed by atoms with Gasteiger partial charge in [-0.1, -0.05) is 31.1 Å². The lowest BCUT2D eigenvalue weighted by molar-refractivity contribution is 0.0951. The van der Waals surface area contributed by atoms with Crippen molar-refractivity contribution in [2.24, 2.45) is 5.92 Å². The van der Waals surface area contributed by atoms with Crippen LogP contribution in [0.4, 0.5) is 0 Å². The third-order valence-corrected chi connectivity index (χ3v) is 5.02. The maximum absolute atomic E-state index is 12.1. The molecule has 2 aliphatic rings. The lowest BCUT2D eigenvalue weighted by Gasteiger charge is -2.20. The molecule has 1 aromatic carbocycles. The summed E-state index contributed by atoms with van der Waals surface area (Å²) in [5.74, 6) is 2.03. The molecule has 2 fully saturated rings. The number of hydrogen-bond donors (Lipinski definition) is 1. The molecule has 2 aromatic rings. The lowest BCUT2D eigenvalue weighted by atomic mass is 10.1. The van der Waals surface area contributed by atoms with Gasteiger partial charge >= 0.3 is 0 Å². The van der Waals surface area contributed by atoms with Crippen LogP contribution in [0.2, 0.25) is 0 Å². The number of nitrogens with zero attached hydrogens (tertiary/aromatic N) is 3. The van der Waals surface area contributed by atoms with Crippen molar-refractivity contribution in [1.82, 2.24) is 20.4 Å². The zero-order chi connectivity index (χ0) is 18.8. The molecule has 6 heteroatoms. The van der Waals surface area contributed by atoms with E-state index in [0.717, 1.165) is 43.1 Å². The first-order valence-corrected chi connectivity index (χ1v) is 10.0. The Balaban J connectivity index is 1.36. The van der Waals surface area contributed by atoms with Crippen LogP contribution in [-0.4, -0.2) is 33.0 Å². The van der Waals surface area contributed by atoms with E-state index >= 15 is 0 Å². The average Bonchev–Trinajstić information content (AvgIpc) is 3.55. The van der Waals surface area contributed by atoms with Gasteiger partial charge in [0, 0.05) is 30.6 Å². The molecule has 1 N–H and O–H groups in total. The smallest absolute Gasteiger partial charge is 0.251 e. The lowest BCUT2D eigenvalue weighted by Crippen LogP contribution is -2.26. The number of aromatic nitrogens is 2. The maximum atomic E-state index is 12.1. The average molecular weight is 368 g/mol. The largest absolute Gasteiger partial charge is 0.349 e. The summed E-state index contributed by atoms with van der Waals surface area (Å²) in [6.07, 6.45) is 5.47. The van der Waals surface area contributed by atoms with E-state index in [9.17, 15) is 4.79 Å². The first-order valence-electron chi connectivity index (χ1n) is 10.0. The van der Waals surface area contributed by atoms with E-state index < -0.39 is 0 Å². The van der Waals surface area contributed by atoms with Crippen LogP contribution in [0, 0.1) is 5.92 Å². The highest BCUT2D eigenvalue weighted by Gasteiger charge is 2.30. The van der Waals surface area contributed by atoms with Crippen molar-refractivity contribution in [3.8, 4) is 0 Å². The highest BCUT2D eigenvalue weighted by Crippen LogP contribution is 2.29. The molecule has 0 spiro atoms. The zero-order valence-corrected chi connectivity index (χ0v) is 16.1. The summed E-state index contributed by atoms with van der Waals surface area (Å²) < 4.78 is 5.37. The van der Waals surface area contributed by atoms with Crippen molar-refractivity contribution < 1.29 is 9.32 Å². The van der Waals surface area contributed by atoms with E-state index in [4.69, 9.17) is 4.52 Å². The molecule has 144 valence electrons. The molecule has 1 amide bonds. The first-order chi connectivity index (χ1) is 13.1. The summed E-state index contributed by atoms with van der Waals surface area (Å²) in [6, 6.07) is 8.93. The Morgan fingerprint density at radius 3 is 2.56 bits per heavy atom. The summed E-state index contributed by atoms with van der Waals surface area (Å²) in [6.45, 7) is 5.84. The standard InChI is InChI=1S/C21H28N4O2/c1-14(2)11-20-23-19(24-27-20)13-25(18-9-10-18)12-15-3-5-16(6-4-15)21(26)22-17-7-8-17/h3-6,14,17-18H,7-13H2,1-2H3,(H,22,26). The number of amides is 1. The number of carbonyl (C=O) groups is 1. The molecule has 0 aliphatic heterocycles. The van der Waals surface area contributed by atoms with Gasteiger partial charge in [0.05, 0.1) is 6.54 Å². The van der Waals surface area contributed by atoms with Gasteiger partial charge in [-0.05, 0) is 49.3 Å². The van der Waals surface area contributed by atoms with E-state index in [-0.39, 0.29) is 5.91 Å². The van der Waals surface area contributed by atoms with Gasteiger partial charge < -0.3 is 9.84 Å². The van der Waals surface area contributed by atoms with Gasteiger partial charge in [-0.15, -0.1) is 0 Å². The first kappa shape index (κ1) is 18.2. The number of benzene rings is 1. The van der Waals surface area contributed by atoms with Crippen molar-refractivity contribution >= 4 is 5.91 Å². The van der Waals surface area contributed by atoms with Crippen molar-refractivity contribution in [3.05, 3.63) is 47.1 Å². The minimum absolute atomic E-state index is 0.0348. The molecule has 27 heavy (non-hydrogen) atoms. The van der Waals surface area contributed by atoms with E-state index in [0.29, 0.717) is 24.5 Å². The normalized spacial score (nSPS) is 16.9.